The fourth-order valence-corrected chi connectivity index (χ4v) is 6.48. The van der Waals surface area contributed by atoms with Gasteiger partial charge in [-0.3, -0.25) is 4.79 Å². The monoisotopic (exact) mass is 302 g/mol. The maximum absolute atomic E-state index is 11.2. The van der Waals surface area contributed by atoms with Crippen molar-refractivity contribution in [3.8, 4) is 0 Å². The molecule has 2 nitrogen and oxygen atoms in total. The van der Waals surface area contributed by atoms with Crippen LogP contribution in [0.15, 0.2) is 24.3 Å². The van der Waals surface area contributed by atoms with Crippen molar-refractivity contribution in [2.75, 3.05) is 0 Å². The molecule has 3 aliphatic carbocycles. The van der Waals surface area contributed by atoms with Crippen LogP contribution in [0.3, 0.4) is 0 Å². The fourth-order valence-electron chi connectivity index (χ4n) is 6.48. The molecule has 3 aliphatic rings. The molecular formula is C20H30O2. The summed E-state index contributed by atoms with van der Waals surface area (Å²) < 4.78 is 0. The second kappa shape index (κ2) is 5.25. The lowest BCUT2D eigenvalue weighted by Crippen LogP contribution is -2.50. The predicted molar refractivity (Wildman–Crippen MR) is 89.5 cm³/mol. The second-order valence-corrected chi connectivity index (χ2v) is 8.57. The molecule has 0 heterocycles. The number of carboxylic acids is 1. The molecule has 1 spiro atoms. The Labute approximate surface area is 134 Å². The van der Waals surface area contributed by atoms with Gasteiger partial charge in [-0.25, -0.2) is 0 Å². The van der Waals surface area contributed by atoms with Crippen molar-refractivity contribution in [1.82, 2.24) is 0 Å². The first-order chi connectivity index (χ1) is 10.3. The van der Waals surface area contributed by atoms with Gasteiger partial charge < -0.3 is 5.11 Å². The molecule has 0 saturated heterocycles. The van der Waals surface area contributed by atoms with Gasteiger partial charge in [0.05, 0.1) is 0 Å². The highest BCUT2D eigenvalue weighted by molar-refractivity contribution is 5.66. The zero-order chi connectivity index (χ0) is 16.1. The summed E-state index contributed by atoms with van der Waals surface area (Å²) in [6, 6.07) is 0. The maximum atomic E-state index is 11.2. The van der Waals surface area contributed by atoms with Crippen LogP contribution in [0.2, 0.25) is 0 Å². The van der Waals surface area contributed by atoms with Gasteiger partial charge in [-0.15, -0.1) is 0 Å². The summed E-state index contributed by atoms with van der Waals surface area (Å²) in [5.41, 5.74) is 3.23. The number of allylic oxidation sites excluding steroid dienone is 2. The minimum Gasteiger partial charge on any atom is -0.481 e. The molecule has 22 heavy (non-hydrogen) atoms. The average Bonchev–Trinajstić information content (AvgIpc) is 2.66. The smallest absolute Gasteiger partial charge is 0.303 e. The van der Waals surface area contributed by atoms with Crippen LogP contribution in [-0.4, -0.2) is 11.1 Å². The van der Waals surface area contributed by atoms with E-state index in [1.54, 1.807) is 0 Å². The van der Waals surface area contributed by atoms with Crippen LogP contribution in [0.1, 0.15) is 65.2 Å². The molecule has 3 saturated carbocycles. The fraction of sp³-hybridized carbons (Fsp3) is 0.750. The van der Waals surface area contributed by atoms with E-state index in [1.165, 1.54) is 49.7 Å². The lowest BCUT2D eigenvalue weighted by atomic mass is 9.46. The molecule has 5 unspecified atom stereocenters. The van der Waals surface area contributed by atoms with Crippen molar-refractivity contribution in [3.05, 3.63) is 24.3 Å². The molecule has 122 valence electrons. The predicted octanol–water partition coefficient (Wildman–Crippen LogP) is 5.21. The normalized spacial score (nSPS) is 43.7. The van der Waals surface area contributed by atoms with E-state index < -0.39 is 5.97 Å². The average molecular weight is 302 g/mol. The Balaban J connectivity index is 1.95. The van der Waals surface area contributed by atoms with Crippen LogP contribution < -0.4 is 0 Å². The van der Waals surface area contributed by atoms with E-state index in [2.05, 4.69) is 27.0 Å². The molecule has 2 heteroatoms. The number of hydrogen-bond acceptors (Lipinski definition) is 1. The lowest BCUT2D eigenvalue weighted by Gasteiger charge is -2.58. The van der Waals surface area contributed by atoms with Gasteiger partial charge in [0.15, 0.2) is 0 Å². The van der Waals surface area contributed by atoms with Crippen molar-refractivity contribution in [1.29, 1.82) is 0 Å². The molecule has 0 aromatic rings. The Morgan fingerprint density at radius 1 is 1.36 bits per heavy atom. The van der Waals surface area contributed by atoms with E-state index in [4.69, 9.17) is 0 Å². The van der Waals surface area contributed by atoms with Crippen LogP contribution in [0, 0.1) is 28.6 Å². The third-order valence-electron chi connectivity index (χ3n) is 7.35. The van der Waals surface area contributed by atoms with E-state index in [-0.39, 0.29) is 11.8 Å². The van der Waals surface area contributed by atoms with E-state index in [9.17, 15) is 9.90 Å². The largest absolute Gasteiger partial charge is 0.481 e. The summed E-state index contributed by atoms with van der Waals surface area (Å²) in [7, 11) is 0. The zero-order valence-corrected chi connectivity index (χ0v) is 14.2. The topological polar surface area (TPSA) is 37.3 Å². The van der Waals surface area contributed by atoms with Gasteiger partial charge in [-0.05, 0) is 80.5 Å². The Morgan fingerprint density at radius 3 is 2.73 bits per heavy atom. The lowest BCUT2D eigenvalue weighted by molar-refractivity contribution is -0.140. The Kier molecular flexibility index (Phi) is 3.78. The third-order valence-corrected chi connectivity index (χ3v) is 7.35. The maximum Gasteiger partial charge on any atom is 0.303 e. The van der Waals surface area contributed by atoms with Gasteiger partial charge in [0.25, 0.3) is 0 Å². The first-order valence-electron chi connectivity index (χ1n) is 8.83. The molecule has 0 aromatic heterocycles. The number of fused-ring (bicyclic) bond motifs is 1. The highest BCUT2D eigenvalue weighted by atomic mass is 16.4. The van der Waals surface area contributed by atoms with Crippen molar-refractivity contribution in [2.24, 2.45) is 28.6 Å². The van der Waals surface area contributed by atoms with Crippen LogP contribution in [-0.2, 0) is 4.79 Å². The molecule has 0 aliphatic heterocycles. The van der Waals surface area contributed by atoms with Crippen molar-refractivity contribution >= 4 is 5.97 Å². The summed E-state index contributed by atoms with van der Waals surface area (Å²) in [6.45, 7) is 13.1. The molecular weight excluding hydrogens is 272 g/mol. The highest BCUT2D eigenvalue weighted by Gasteiger charge is 2.59. The highest BCUT2D eigenvalue weighted by Crippen LogP contribution is 2.69. The molecule has 0 amide bonds. The third kappa shape index (κ3) is 2.26. The van der Waals surface area contributed by atoms with Crippen LogP contribution in [0.5, 0.6) is 0 Å². The minimum absolute atomic E-state index is 0.0953. The van der Waals surface area contributed by atoms with Crippen molar-refractivity contribution < 1.29 is 9.90 Å². The van der Waals surface area contributed by atoms with Gasteiger partial charge in [0.2, 0.25) is 0 Å². The first kappa shape index (κ1) is 15.8. The Hall–Kier alpha value is -1.05. The van der Waals surface area contributed by atoms with Gasteiger partial charge >= 0.3 is 5.97 Å². The minimum atomic E-state index is -0.661. The van der Waals surface area contributed by atoms with Gasteiger partial charge in [-0.1, -0.05) is 31.2 Å². The molecule has 0 aromatic carbocycles. The van der Waals surface area contributed by atoms with Gasteiger partial charge in [-0.2, -0.15) is 0 Å². The Bertz CT molecular complexity index is 520. The van der Waals surface area contributed by atoms with Gasteiger partial charge in [0, 0.05) is 6.42 Å². The summed E-state index contributed by atoms with van der Waals surface area (Å²) in [5, 5.41) is 9.21. The second-order valence-electron chi connectivity index (χ2n) is 8.57. The molecule has 2 bridgehead atoms. The van der Waals surface area contributed by atoms with Crippen LogP contribution in [0.4, 0.5) is 0 Å². The van der Waals surface area contributed by atoms with E-state index >= 15 is 0 Å². The van der Waals surface area contributed by atoms with Crippen LogP contribution >= 0.6 is 0 Å². The number of carboxylic acid groups (broad SMARTS) is 1. The van der Waals surface area contributed by atoms with E-state index in [0.29, 0.717) is 17.3 Å². The quantitative estimate of drug-likeness (QED) is 0.724. The molecule has 5 atom stereocenters. The molecule has 0 radical (unpaired) electrons. The Morgan fingerprint density at radius 2 is 2.09 bits per heavy atom. The van der Waals surface area contributed by atoms with Gasteiger partial charge in [0.1, 0.15) is 0 Å². The van der Waals surface area contributed by atoms with Crippen LogP contribution in [0.25, 0.3) is 0 Å². The van der Waals surface area contributed by atoms with E-state index in [0.717, 1.165) is 12.3 Å². The summed E-state index contributed by atoms with van der Waals surface area (Å²) in [5.74, 6) is 1.20. The number of aliphatic carboxylic acids is 1. The van der Waals surface area contributed by atoms with Crippen molar-refractivity contribution in [3.63, 3.8) is 0 Å². The summed E-state index contributed by atoms with van der Waals surface area (Å²) >= 11 is 0. The van der Waals surface area contributed by atoms with E-state index in [1.807, 2.05) is 0 Å². The molecule has 1 N–H and O–H groups in total. The standard InChI is InChI=1S/C20H30O2/c1-13(2)16-7-10-20-11-14(3)15(12-20)5-6-17(20)19(16,4)9-8-18(21)22/h15-17H,1,3,5-12H2,2,4H3,(H,21,22). The SMILES string of the molecule is C=C1CC23CCC(C(=C)C)C(C)(CCC(=O)O)C2CCC1C3. The zero-order valence-electron chi connectivity index (χ0n) is 14.2. The summed E-state index contributed by atoms with van der Waals surface area (Å²) in [4.78, 5) is 11.2. The molecule has 3 rings (SSSR count). The summed E-state index contributed by atoms with van der Waals surface area (Å²) in [6.07, 6.45) is 8.56. The van der Waals surface area contributed by atoms with Crippen molar-refractivity contribution in [2.45, 2.75) is 65.2 Å². The first-order valence-corrected chi connectivity index (χ1v) is 8.83. The number of hydrogen-bond donors (Lipinski definition) is 1. The number of carbonyl (C=O) groups is 1. The number of rotatable bonds is 4. The molecule has 3 fully saturated rings.